The zero-order valence-electron chi connectivity index (χ0n) is 10.7. The zero-order chi connectivity index (χ0) is 13.6. The minimum absolute atomic E-state index is 0.258. The number of imidazole rings is 1. The molecular formula is C14H14FN3S. The second kappa shape index (κ2) is 4.35. The maximum Gasteiger partial charge on any atom is 0.196 e. The Bertz CT molecular complexity index is 725. The summed E-state index contributed by atoms with van der Waals surface area (Å²) in [5, 5.41) is 2.08. The minimum atomic E-state index is -0.258. The molecule has 2 N–H and O–H groups in total. The van der Waals surface area contributed by atoms with Gasteiger partial charge in [0.2, 0.25) is 0 Å². The Morgan fingerprint density at radius 2 is 1.95 bits per heavy atom. The molecule has 5 heteroatoms. The maximum absolute atomic E-state index is 13.0. The first kappa shape index (κ1) is 12.2. The van der Waals surface area contributed by atoms with E-state index in [0.29, 0.717) is 17.4 Å². The van der Waals surface area contributed by atoms with E-state index in [4.69, 9.17) is 5.73 Å². The molecule has 0 saturated carbocycles. The van der Waals surface area contributed by atoms with Gasteiger partial charge < -0.3 is 5.73 Å². The van der Waals surface area contributed by atoms with E-state index in [2.05, 4.69) is 24.2 Å². The topological polar surface area (TPSA) is 43.3 Å². The Morgan fingerprint density at radius 1 is 1.26 bits per heavy atom. The third-order valence-electron chi connectivity index (χ3n) is 3.13. The Labute approximate surface area is 114 Å². The minimum Gasteiger partial charge on any atom is -0.383 e. The molecule has 0 aliphatic heterocycles. The monoisotopic (exact) mass is 275 g/mol. The number of hydrogen-bond acceptors (Lipinski definition) is 3. The van der Waals surface area contributed by atoms with E-state index >= 15 is 0 Å². The predicted molar refractivity (Wildman–Crippen MR) is 77.0 cm³/mol. The fourth-order valence-corrected chi connectivity index (χ4v) is 3.18. The average molecular weight is 275 g/mol. The van der Waals surface area contributed by atoms with E-state index in [-0.39, 0.29) is 5.82 Å². The van der Waals surface area contributed by atoms with Gasteiger partial charge in [-0.2, -0.15) is 0 Å². The first-order chi connectivity index (χ1) is 9.08. The molecule has 0 bridgehead atoms. The molecule has 0 unspecified atom stereocenters. The van der Waals surface area contributed by atoms with Crippen molar-refractivity contribution in [1.29, 1.82) is 0 Å². The molecule has 19 heavy (non-hydrogen) atoms. The van der Waals surface area contributed by atoms with E-state index in [0.717, 1.165) is 16.2 Å². The first-order valence-corrected chi connectivity index (χ1v) is 6.97. The molecule has 0 radical (unpaired) electrons. The molecule has 0 aliphatic carbocycles. The SMILES string of the molecule is CC(C)c1csc2nc(-c3ccc(F)cc3)c(N)n12. The molecule has 2 aromatic heterocycles. The van der Waals surface area contributed by atoms with Gasteiger partial charge in [-0.05, 0) is 30.2 Å². The summed E-state index contributed by atoms with van der Waals surface area (Å²) in [6.45, 7) is 4.25. The third-order valence-corrected chi connectivity index (χ3v) is 3.98. The van der Waals surface area contributed by atoms with Gasteiger partial charge in [0, 0.05) is 16.6 Å². The van der Waals surface area contributed by atoms with Crippen molar-refractivity contribution in [2.24, 2.45) is 0 Å². The van der Waals surface area contributed by atoms with Crippen molar-refractivity contribution in [3.8, 4) is 11.3 Å². The van der Waals surface area contributed by atoms with E-state index in [1.165, 1.54) is 12.1 Å². The summed E-state index contributed by atoms with van der Waals surface area (Å²) in [7, 11) is 0. The quantitative estimate of drug-likeness (QED) is 0.770. The Balaban J connectivity index is 2.20. The zero-order valence-corrected chi connectivity index (χ0v) is 11.5. The number of benzene rings is 1. The van der Waals surface area contributed by atoms with Crippen molar-refractivity contribution < 1.29 is 4.39 Å². The summed E-state index contributed by atoms with van der Waals surface area (Å²) < 4.78 is 14.9. The van der Waals surface area contributed by atoms with Gasteiger partial charge in [-0.15, -0.1) is 11.3 Å². The first-order valence-electron chi connectivity index (χ1n) is 6.09. The molecule has 3 rings (SSSR count). The number of aromatic nitrogens is 2. The normalized spacial score (nSPS) is 11.6. The van der Waals surface area contributed by atoms with E-state index < -0.39 is 0 Å². The lowest BCUT2D eigenvalue weighted by Crippen LogP contribution is -1.99. The average Bonchev–Trinajstić information content (AvgIpc) is 2.92. The summed E-state index contributed by atoms with van der Waals surface area (Å²) >= 11 is 1.57. The summed E-state index contributed by atoms with van der Waals surface area (Å²) in [5.41, 5.74) is 8.91. The van der Waals surface area contributed by atoms with Crippen LogP contribution in [0.4, 0.5) is 10.2 Å². The van der Waals surface area contributed by atoms with Gasteiger partial charge in [0.25, 0.3) is 0 Å². The highest BCUT2D eigenvalue weighted by Gasteiger charge is 2.17. The second-order valence-corrected chi connectivity index (χ2v) is 5.62. The number of nitrogens with zero attached hydrogens (tertiary/aromatic N) is 2. The van der Waals surface area contributed by atoms with Crippen LogP contribution in [0.3, 0.4) is 0 Å². The standard InChI is InChI=1S/C14H14FN3S/c1-8(2)11-7-19-14-17-12(13(16)18(11)14)9-3-5-10(15)6-4-9/h3-8H,16H2,1-2H3. The Morgan fingerprint density at radius 3 is 2.58 bits per heavy atom. The van der Waals surface area contributed by atoms with E-state index in [9.17, 15) is 4.39 Å². The second-order valence-electron chi connectivity index (χ2n) is 4.79. The number of nitrogens with two attached hydrogens (primary N) is 1. The van der Waals surface area contributed by atoms with Crippen LogP contribution in [0.25, 0.3) is 16.2 Å². The van der Waals surface area contributed by atoms with Crippen LogP contribution in [0.15, 0.2) is 29.6 Å². The van der Waals surface area contributed by atoms with Crippen molar-refractivity contribution in [1.82, 2.24) is 9.38 Å². The summed E-state index contributed by atoms with van der Waals surface area (Å²) in [6.07, 6.45) is 0. The lowest BCUT2D eigenvalue weighted by Gasteiger charge is -2.05. The lowest BCUT2D eigenvalue weighted by molar-refractivity contribution is 0.628. The summed E-state index contributed by atoms with van der Waals surface area (Å²) in [6, 6.07) is 6.25. The van der Waals surface area contributed by atoms with Gasteiger partial charge in [0.15, 0.2) is 4.96 Å². The van der Waals surface area contributed by atoms with Crippen molar-refractivity contribution in [2.75, 3.05) is 5.73 Å². The van der Waals surface area contributed by atoms with Crippen molar-refractivity contribution in [3.05, 3.63) is 41.2 Å². The molecule has 0 amide bonds. The number of thiazole rings is 1. The molecule has 0 saturated heterocycles. The van der Waals surface area contributed by atoms with Crippen LogP contribution >= 0.6 is 11.3 Å². The van der Waals surface area contributed by atoms with Crippen LogP contribution in [0.5, 0.6) is 0 Å². The molecule has 0 aliphatic rings. The highest BCUT2D eigenvalue weighted by Crippen LogP contribution is 2.32. The fourth-order valence-electron chi connectivity index (χ4n) is 2.12. The number of fused-ring (bicyclic) bond motifs is 1. The third kappa shape index (κ3) is 1.90. The van der Waals surface area contributed by atoms with Gasteiger partial charge in [0.05, 0.1) is 0 Å². The molecule has 3 nitrogen and oxygen atoms in total. The van der Waals surface area contributed by atoms with Gasteiger partial charge in [0.1, 0.15) is 17.3 Å². The molecule has 2 heterocycles. The number of halogens is 1. The number of rotatable bonds is 2. The van der Waals surface area contributed by atoms with Crippen molar-refractivity contribution in [2.45, 2.75) is 19.8 Å². The van der Waals surface area contributed by atoms with Crippen LogP contribution in [0.2, 0.25) is 0 Å². The number of nitrogen functional groups attached to an aromatic ring is 1. The molecular weight excluding hydrogens is 261 g/mol. The van der Waals surface area contributed by atoms with Gasteiger partial charge >= 0.3 is 0 Å². The van der Waals surface area contributed by atoms with Gasteiger partial charge in [-0.1, -0.05) is 13.8 Å². The van der Waals surface area contributed by atoms with E-state index in [1.54, 1.807) is 23.5 Å². The maximum atomic E-state index is 13.0. The largest absolute Gasteiger partial charge is 0.383 e. The predicted octanol–water partition coefficient (Wildman–Crippen LogP) is 3.91. The molecule has 98 valence electrons. The molecule has 0 atom stereocenters. The summed E-state index contributed by atoms with van der Waals surface area (Å²) in [5.74, 6) is 0.740. The van der Waals surface area contributed by atoms with Crippen molar-refractivity contribution >= 4 is 22.1 Å². The molecule has 3 aromatic rings. The highest BCUT2D eigenvalue weighted by molar-refractivity contribution is 7.15. The highest BCUT2D eigenvalue weighted by atomic mass is 32.1. The van der Waals surface area contributed by atoms with Crippen molar-refractivity contribution in [3.63, 3.8) is 0 Å². The van der Waals surface area contributed by atoms with Crippen LogP contribution in [-0.2, 0) is 0 Å². The Kier molecular flexibility index (Phi) is 2.78. The summed E-state index contributed by atoms with van der Waals surface area (Å²) in [4.78, 5) is 5.42. The van der Waals surface area contributed by atoms with Crippen LogP contribution < -0.4 is 5.73 Å². The number of hydrogen-bond donors (Lipinski definition) is 1. The molecule has 0 fully saturated rings. The lowest BCUT2D eigenvalue weighted by atomic mass is 10.1. The smallest absolute Gasteiger partial charge is 0.196 e. The van der Waals surface area contributed by atoms with E-state index in [1.807, 2.05) is 4.40 Å². The van der Waals surface area contributed by atoms with Crippen LogP contribution in [0, 0.1) is 5.82 Å². The number of anilines is 1. The molecule has 0 spiro atoms. The Hall–Kier alpha value is -1.88. The molecule has 1 aromatic carbocycles. The van der Waals surface area contributed by atoms with Gasteiger partial charge in [-0.25, -0.2) is 9.37 Å². The van der Waals surface area contributed by atoms with Gasteiger partial charge in [-0.3, -0.25) is 4.40 Å². The van der Waals surface area contributed by atoms with Crippen LogP contribution in [-0.4, -0.2) is 9.38 Å². The van der Waals surface area contributed by atoms with Crippen LogP contribution in [0.1, 0.15) is 25.5 Å². The fraction of sp³-hybridized carbons (Fsp3) is 0.214.